The molecule has 0 nitrogen and oxygen atoms in total. The number of thioether (sulfide) groups is 2. The Hall–Kier alpha value is 3.04. The molecule has 0 aromatic carbocycles. The minimum atomic E-state index is 0.799. The van der Waals surface area contributed by atoms with Crippen molar-refractivity contribution in [1.82, 2.24) is 0 Å². The van der Waals surface area contributed by atoms with E-state index in [9.17, 15) is 0 Å². The van der Waals surface area contributed by atoms with Crippen molar-refractivity contribution >= 4 is 113 Å². The molecule has 0 saturated carbocycles. The minimum absolute atomic E-state index is 0.799. The molecular formula is C10H8S2Se6. The van der Waals surface area contributed by atoms with Gasteiger partial charge in [-0.2, -0.15) is 0 Å². The first-order chi connectivity index (χ1) is 8.90. The van der Waals surface area contributed by atoms with Crippen LogP contribution in [0.1, 0.15) is 0 Å². The summed E-state index contributed by atoms with van der Waals surface area (Å²) in [5.74, 6) is 2.87. The Bertz CT molecular complexity index is 411. The third-order valence-electron chi connectivity index (χ3n) is 2.34. The van der Waals surface area contributed by atoms with Gasteiger partial charge < -0.3 is 0 Å². The zero-order chi connectivity index (χ0) is 11.9. The van der Waals surface area contributed by atoms with E-state index < -0.39 is 0 Å². The Morgan fingerprint density at radius 3 is 1.56 bits per heavy atom. The second-order valence-electron chi connectivity index (χ2n) is 3.53. The molecule has 0 N–H and O–H groups in total. The summed E-state index contributed by atoms with van der Waals surface area (Å²) >= 11 is 9.50. The van der Waals surface area contributed by atoms with Crippen LogP contribution in [0.5, 0.6) is 0 Å². The Labute approximate surface area is 154 Å². The molecule has 0 spiro atoms. The Morgan fingerprint density at radius 2 is 1.11 bits per heavy atom. The second-order valence-corrected chi connectivity index (χ2v) is 25.3. The molecule has 0 aromatic heterocycles. The van der Waals surface area contributed by atoms with Gasteiger partial charge in [0.25, 0.3) is 0 Å². The van der Waals surface area contributed by atoms with Crippen molar-refractivity contribution in [1.29, 1.82) is 0 Å². The molecule has 0 aromatic rings. The van der Waals surface area contributed by atoms with E-state index >= 15 is 0 Å². The molecule has 4 rings (SSSR count). The molecule has 0 atom stereocenters. The predicted octanol–water partition coefficient (Wildman–Crippen LogP) is 0.949. The van der Waals surface area contributed by atoms with E-state index in [0.29, 0.717) is 0 Å². The predicted molar refractivity (Wildman–Crippen MR) is 90.1 cm³/mol. The van der Waals surface area contributed by atoms with Crippen LogP contribution in [-0.4, -0.2) is 101 Å². The first-order valence-electron chi connectivity index (χ1n) is 5.35. The maximum absolute atomic E-state index is 2.23. The molecule has 4 heterocycles. The molecular weight excluding hydrogens is 658 g/mol. The van der Waals surface area contributed by atoms with Gasteiger partial charge in [-0.25, -0.2) is 0 Å². The average Bonchev–Trinajstić information content (AvgIpc) is 3.02. The molecule has 0 saturated heterocycles. The van der Waals surface area contributed by atoms with E-state index in [0.717, 1.165) is 89.7 Å². The fourth-order valence-corrected chi connectivity index (χ4v) is 35.6. The van der Waals surface area contributed by atoms with Crippen LogP contribution >= 0.6 is 23.5 Å². The fourth-order valence-electron chi connectivity index (χ4n) is 1.60. The van der Waals surface area contributed by atoms with Gasteiger partial charge in [0.2, 0.25) is 0 Å². The van der Waals surface area contributed by atoms with Crippen LogP contribution in [0.25, 0.3) is 0 Å². The summed E-state index contributed by atoms with van der Waals surface area (Å²) in [7, 11) is 0. The van der Waals surface area contributed by atoms with Crippen molar-refractivity contribution < 1.29 is 0 Å². The monoisotopic (exact) mass is 672 g/mol. The average molecular weight is 666 g/mol. The number of rotatable bonds is 0. The van der Waals surface area contributed by atoms with Crippen LogP contribution in [0.15, 0.2) is 21.1 Å². The summed E-state index contributed by atoms with van der Waals surface area (Å²) in [5, 5.41) is 3.03. The van der Waals surface area contributed by atoms with Crippen molar-refractivity contribution in [2.75, 3.05) is 11.5 Å². The van der Waals surface area contributed by atoms with Crippen molar-refractivity contribution in [2.24, 2.45) is 0 Å². The molecule has 0 bridgehead atoms. The molecule has 96 valence electrons. The van der Waals surface area contributed by atoms with Crippen LogP contribution in [0.4, 0.5) is 0 Å². The topological polar surface area (TPSA) is 0 Å². The fraction of sp³-hybridized carbons (Fsp3) is 0.400. The van der Waals surface area contributed by atoms with Crippen molar-refractivity contribution in [2.45, 2.75) is 10.6 Å². The van der Waals surface area contributed by atoms with Gasteiger partial charge in [-0.05, 0) is 0 Å². The van der Waals surface area contributed by atoms with Gasteiger partial charge in [0.1, 0.15) is 0 Å². The van der Waals surface area contributed by atoms with Crippen molar-refractivity contribution in [3.63, 3.8) is 0 Å². The number of hydrogen-bond donors (Lipinski definition) is 0. The zero-order valence-corrected chi connectivity index (χ0v) is 21.0. The second kappa shape index (κ2) is 6.65. The summed E-state index contributed by atoms with van der Waals surface area (Å²) in [6, 6.07) is 0. The third-order valence-corrected chi connectivity index (χ3v) is 32.2. The summed E-state index contributed by atoms with van der Waals surface area (Å²) in [4.78, 5) is 0. The van der Waals surface area contributed by atoms with Crippen LogP contribution < -0.4 is 0 Å². The van der Waals surface area contributed by atoms with E-state index in [1.165, 1.54) is 22.1 Å². The summed E-state index contributed by atoms with van der Waals surface area (Å²) in [5.41, 5.74) is 0. The van der Waals surface area contributed by atoms with E-state index in [4.69, 9.17) is 0 Å². The summed E-state index contributed by atoms with van der Waals surface area (Å²) in [6.45, 7) is 0. The van der Waals surface area contributed by atoms with Gasteiger partial charge in [0, 0.05) is 0 Å². The summed E-state index contributed by atoms with van der Waals surface area (Å²) in [6.07, 6.45) is 0. The SMILES string of the molecule is C1C[Se]C2=C(S1)[Se]/C(=C1\[Se]C3=C([Se]CCS3)[Se]1)[Se]2. The molecule has 8 heteroatoms. The van der Waals surface area contributed by atoms with E-state index in [1.54, 1.807) is 0 Å². The molecule has 0 radical (unpaired) electrons. The van der Waals surface area contributed by atoms with Gasteiger partial charge in [0.05, 0.1) is 0 Å². The third kappa shape index (κ3) is 3.05. The van der Waals surface area contributed by atoms with Gasteiger partial charge in [-0.1, -0.05) is 0 Å². The molecule has 0 fully saturated rings. The van der Waals surface area contributed by atoms with Gasteiger partial charge in [-0.3, -0.25) is 0 Å². The Balaban J connectivity index is 1.54. The van der Waals surface area contributed by atoms with Gasteiger partial charge >= 0.3 is 156 Å². The standard InChI is InChI=1S/C10H8S2Se6/c1-3-13-7-5(11-1)15-9(17-7)10-16-6-8(18-10)14-4-2-12-6/h1-4H2/b10-9-. The van der Waals surface area contributed by atoms with Crippen LogP contribution in [0.3, 0.4) is 0 Å². The van der Waals surface area contributed by atoms with Crippen molar-refractivity contribution in [3.05, 3.63) is 21.1 Å². The summed E-state index contributed by atoms with van der Waals surface area (Å²) < 4.78 is 11.8. The molecule has 0 aliphatic carbocycles. The normalized spacial score (nSPS) is 32.0. The first kappa shape index (κ1) is 14.6. The molecule has 0 unspecified atom stereocenters. The number of hydrogen-bond acceptors (Lipinski definition) is 2. The van der Waals surface area contributed by atoms with Crippen LogP contribution in [0, 0.1) is 0 Å². The van der Waals surface area contributed by atoms with E-state index in [2.05, 4.69) is 23.5 Å². The zero-order valence-electron chi connectivity index (χ0n) is 9.09. The molecule has 4 aliphatic rings. The van der Waals surface area contributed by atoms with E-state index in [-0.39, 0.29) is 0 Å². The Morgan fingerprint density at radius 1 is 0.611 bits per heavy atom. The molecule has 0 amide bonds. The molecule has 4 aliphatic heterocycles. The Kier molecular flexibility index (Phi) is 5.40. The van der Waals surface area contributed by atoms with Crippen LogP contribution in [-0.2, 0) is 0 Å². The quantitative estimate of drug-likeness (QED) is 0.354. The van der Waals surface area contributed by atoms with Gasteiger partial charge in [-0.15, -0.1) is 0 Å². The maximum atomic E-state index is 2.23. The van der Waals surface area contributed by atoms with Crippen molar-refractivity contribution in [3.8, 4) is 0 Å². The van der Waals surface area contributed by atoms with Gasteiger partial charge in [0.15, 0.2) is 0 Å². The van der Waals surface area contributed by atoms with E-state index in [1.807, 2.05) is 21.1 Å². The van der Waals surface area contributed by atoms with Crippen LogP contribution in [0.2, 0.25) is 10.6 Å². The molecule has 18 heavy (non-hydrogen) atoms. The first-order valence-corrected chi connectivity index (χ1v) is 18.3.